The smallest absolute Gasteiger partial charge is 0.435 e. The summed E-state index contributed by atoms with van der Waals surface area (Å²) in [5.74, 6) is -2.08. The van der Waals surface area contributed by atoms with Gasteiger partial charge in [-0.3, -0.25) is 9.48 Å². The van der Waals surface area contributed by atoms with Gasteiger partial charge in [-0.25, -0.2) is 9.18 Å². The van der Waals surface area contributed by atoms with Gasteiger partial charge < -0.3 is 10.0 Å². The van der Waals surface area contributed by atoms with Crippen LogP contribution in [-0.4, -0.2) is 38.2 Å². The van der Waals surface area contributed by atoms with Crippen LogP contribution >= 0.6 is 11.6 Å². The van der Waals surface area contributed by atoms with Gasteiger partial charge in [0, 0.05) is 22.7 Å². The standard InChI is InChI=1S/C23H18ClF4N3O3/c24-16-6-5-15(18(25)10-16)11-31-19-12-30(8-7-17(19)21(29-31)23(26,27)28)20(32)9-13-1-3-14(4-2-13)22(33)34/h1-6,10H,7-9,11-12H2,(H,33,34). The second-order valence-corrected chi connectivity index (χ2v) is 8.35. The van der Waals surface area contributed by atoms with Crippen molar-refractivity contribution in [2.75, 3.05) is 6.54 Å². The molecule has 34 heavy (non-hydrogen) atoms. The second kappa shape index (κ2) is 9.09. The molecule has 0 fully saturated rings. The molecule has 1 aliphatic rings. The molecule has 0 saturated carbocycles. The Morgan fingerprint density at radius 3 is 2.44 bits per heavy atom. The van der Waals surface area contributed by atoms with Gasteiger partial charge in [0.05, 0.1) is 30.8 Å². The predicted octanol–water partition coefficient (Wildman–Crippen LogP) is 4.57. The highest BCUT2D eigenvalue weighted by atomic mass is 35.5. The van der Waals surface area contributed by atoms with E-state index in [1.807, 2.05) is 0 Å². The van der Waals surface area contributed by atoms with E-state index in [0.29, 0.717) is 5.56 Å². The van der Waals surface area contributed by atoms with Gasteiger partial charge in [-0.15, -0.1) is 0 Å². The molecule has 178 valence electrons. The minimum absolute atomic E-state index is 0.00303. The molecule has 6 nitrogen and oxygen atoms in total. The fraction of sp³-hybridized carbons (Fsp3) is 0.261. The third-order valence-corrected chi connectivity index (χ3v) is 5.89. The average molecular weight is 496 g/mol. The molecule has 1 aromatic heterocycles. The maximum Gasteiger partial charge on any atom is 0.435 e. The SMILES string of the molecule is O=C(O)c1ccc(CC(=O)N2CCc3c(C(F)(F)F)nn(Cc4ccc(Cl)cc4F)c3C2)cc1. The zero-order valence-electron chi connectivity index (χ0n) is 17.6. The maximum atomic E-state index is 14.3. The molecular weight excluding hydrogens is 478 g/mol. The number of hydrogen-bond acceptors (Lipinski definition) is 3. The number of amides is 1. The highest BCUT2D eigenvalue weighted by molar-refractivity contribution is 6.30. The number of benzene rings is 2. The molecule has 2 heterocycles. The topological polar surface area (TPSA) is 75.4 Å². The summed E-state index contributed by atoms with van der Waals surface area (Å²) in [6, 6.07) is 9.69. The second-order valence-electron chi connectivity index (χ2n) is 7.91. The molecule has 0 spiro atoms. The number of hydrogen-bond donors (Lipinski definition) is 1. The molecule has 0 atom stereocenters. The van der Waals surface area contributed by atoms with E-state index in [2.05, 4.69) is 5.10 Å². The summed E-state index contributed by atoms with van der Waals surface area (Å²) in [7, 11) is 0. The molecule has 1 aliphatic heterocycles. The van der Waals surface area contributed by atoms with E-state index in [1.165, 1.54) is 41.3 Å². The maximum absolute atomic E-state index is 14.3. The highest BCUT2D eigenvalue weighted by Crippen LogP contribution is 2.35. The average Bonchev–Trinajstić information content (AvgIpc) is 3.14. The zero-order valence-corrected chi connectivity index (χ0v) is 18.3. The summed E-state index contributed by atoms with van der Waals surface area (Å²) in [5.41, 5.74) is -0.0665. The fourth-order valence-corrected chi connectivity index (χ4v) is 4.07. The van der Waals surface area contributed by atoms with Crippen LogP contribution in [-0.2, 0) is 36.9 Å². The largest absolute Gasteiger partial charge is 0.478 e. The Morgan fingerprint density at radius 1 is 1.12 bits per heavy atom. The van der Waals surface area contributed by atoms with Crippen LogP contribution in [0.25, 0.3) is 0 Å². The van der Waals surface area contributed by atoms with E-state index in [9.17, 15) is 27.2 Å². The van der Waals surface area contributed by atoms with E-state index in [0.717, 1.165) is 10.7 Å². The first kappa shape index (κ1) is 23.7. The lowest BCUT2D eigenvalue weighted by atomic mass is 10.0. The Morgan fingerprint density at radius 2 is 1.82 bits per heavy atom. The Balaban J connectivity index is 1.59. The van der Waals surface area contributed by atoms with Crippen molar-refractivity contribution in [2.24, 2.45) is 0 Å². The van der Waals surface area contributed by atoms with Crippen molar-refractivity contribution in [1.82, 2.24) is 14.7 Å². The molecule has 1 N–H and O–H groups in total. The first-order valence-corrected chi connectivity index (χ1v) is 10.6. The lowest BCUT2D eigenvalue weighted by Gasteiger charge is -2.28. The first-order valence-electron chi connectivity index (χ1n) is 10.2. The number of aromatic nitrogens is 2. The van der Waals surface area contributed by atoms with Gasteiger partial charge in [-0.1, -0.05) is 29.8 Å². The number of carbonyl (C=O) groups is 2. The van der Waals surface area contributed by atoms with Crippen LogP contribution in [0.15, 0.2) is 42.5 Å². The van der Waals surface area contributed by atoms with Crippen molar-refractivity contribution < 1.29 is 32.3 Å². The summed E-state index contributed by atoms with van der Waals surface area (Å²) in [4.78, 5) is 25.2. The monoisotopic (exact) mass is 495 g/mol. The minimum atomic E-state index is -4.69. The van der Waals surface area contributed by atoms with Crippen molar-refractivity contribution in [1.29, 1.82) is 0 Å². The van der Waals surface area contributed by atoms with Crippen LogP contribution in [0.5, 0.6) is 0 Å². The van der Waals surface area contributed by atoms with Gasteiger partial charge in [-0.2, -0.15) is 18.3 Å². The minimum Gasteiger partial charge on any atom is -0.478 e. The van der Waals surface area contributed by atoms with Gasteiger partial charge in [-0.05, 0) is 36.2 Å². The highest BCUT2D eigenvalue weighted by Gasteiger charge is 2.41. The number of aromatic carboxylic acids is 1. The van der Waals surface area contributed by atoms with Gasteiger partial charge in [0.2, 0.25) is 5.91 Å². The lowest BCUT2D eigenvalue weighted by Crippen LogP contribution is -2.38. The molecular formula is C23H18ClF4N3O3. The molecule has 3 aromatic rings. The zero-order chi connectivity index (χ0) is 24.6. The molecule has 11 heteroatoms. The Kier molecular flexibility index (Phi) is 6.35. The summed E-state index contributed by atoms with van der Waals surface area (Å²) in [5, 5.41) is 12.9. The number of rotatable bonds is 5. The van der Waals surface area contributed by atoms with E-state index >= 15 is 0 Å². The van der Waals surface area contributed by atoms with Crippen LogP contribution in [0.4, 0.5) is 17.6 Å². The summed E-state index contributed by atoms with van der Waals surface area (Å²) in [6.07, 6.45) is -4.77. The van der Waals surface area contributed by atoms with Gasteiger partial charge >= 0.3 is 12.1 Å². The van der Waals surface area contributed by atoms with Crippen molar-refractivity contribution in [3.05, 3.63) is 86.9 Å². The quantitative estimate of drug-likeness (QED) is 0.526. The van der Waals surface area contributed by atoms with Crippen LogP contribution in [0, 0.1) is 5.82 Å². The van der Waals surface area contributed by atoms with Crippen LogP contribution in [0.1, 0.15) is 38.4 Å². The van der Waals surface area contributed by atoms with Crippen LogP contribution in [0.2, 0.25) is 5.02 Å². The molecule has 2 aromatic carbocycles. The Labute approximate surface area is 196 Å². The molecule has 0 radical (unpaired) electrons. The summed E-state index contributed by atoms with van der Waals surface area (Å²) in [6.45, 7) is -0.289. The molecule has 4 rings (SSSR count). The lowest BCUT2D eigenvalue weighted by molar-refractivity contribution is -0.142. The molecule has 0 saturated heterocycles. The number of fused-ring (bicyclic) bond motifs is 1. The van der Waals surface area contributed by atoms with E-state index in [-0.39, 0.29) is 65.8 Å². The molecule has 1 amide bonds. The van der Waals surface area contributed by atoms with Crippen LogP contribution in [0.3, 0.4) is 0 Å². The normalized spacial score (nSPS) is 13.6. The summed E-state index contributed by atoms with van der Waals surface area (Å²) < 4.78 is 56.2. The Hall–Kier alpha value is -3.40. The van der Waals surface area contributed by atoms with E-state index < -0.39 is 23.7 Å². The third kappa shape index (κ3) is 4.91. The number of alkyl halides is 3. The summed E-state index contributed by atoms with van der Waals surface area (Å²) >= 11 is 5.76. The number of carboxylic acid groups (broad SMARTS) is 1. The Bertz CT molecular complexity index is 1260. The predicted molar refractivity (Wildman–Crippen MR) is 114 cm³/mol. The van der Waals surface area contributed by atoms with E-state index in [1.54, 1.807) is 0 Å². The number of carboxylic acids is 1. The number of halogens is 5. The van der Waals surface area contributed by atoms with Crippen molar-refractivity contribution >= 4 is 23.5 Å². The van der Waals surface area contributed by atoms with E-state index in [4.69, 9.17) is 16.7 Å². The van der Waals surface area contributed by atoms with Crippen molar-refractivity contribution in [3.8, 4) is 0 Å². The van der Waals surface area contributed by atoms with Crippen LogP contribution < -0.4 is 0 Å². The fourth-order valence-electron chi connectivity index (χ4n) is 3.91. The van der Waals surface area contributed by atoms with Gasteiger partial charge in [0.25, 0.3) is 0 Å². The first-order chi connectivity index (χ1) is 16.0. The molecule has 0 bridgehead atoms. The number of nitrogens with zero attached hydrogens (tertiary/aromatic N) is 3. The van der Waals surface area contributed by atoms with Gasteiger partial charge in [0.15, 0.2) is 5.69 Å². The third-order valence-electron chi connectivity index (χ3n) is 5.65. The molecule has 0 unspecified atom stereocenters. The molecule has 0 aliphatic carbocycles. The van der Waals surface area contributed by atoms with Gasteiger partial charge in [0.1, 0.15) is 5.82 Å². The van der Waals surface area contributed by atoms with Crippen molar-refractivity contribution in [3.63, 3.8) is 0 Å². The number of carbonyl (C=O) groups excluding carboxylic acids is 1. The van der Waals surface area contributed by atoms with Crippen molar-refractivity contribution in [2.45, 2.75) is 32.1 Å².